The van der Waals surface area contributed by atoms with Crippen LogP contribution in [0.3, 0.4) is 0 Å². The summed E-state index contributed by atoms with van der Waals surface area (Å²) in [5.41, 5.74) is 2.41. The molecule has 0 bridgehead atoms. The number of ketones is 1. The van der Waals surface area contributed by atoms with Crippen LogP contribution in [0.1, 0.15) is 36.0 Å². The van der Waals surface area contributed by atoms with E-state index >= 15 is 0 Å². The van der Waals surface area contributed by atoms with E-state index in [4.69, 9.17) is 21.1 Å². The van der Waals surface area contributed by atoms with Gasteiger partial charge in [-0.3, -0.25) is 25.2 Å². The molecule has 1 atom stereocenters. The van der Waals surface area contributed by atoms with Crippen molar-refractivity contribution in [3.05, 3.63) is 102 Å². The van der Waals surface area contributed by atoms with Crippen LogP contribution in [0.2, 0.25) is 0 Å². The number of hydrogen-bond acceptors (Lipinski definition) is 8. The number of Topliss-reactive ketones (excluding diaryl/α,β-unsaturated/α-hetero) is 1. The fourth-order valence-electron chi connectivity index (χ4n) is 3.90. The molecule has 44 heavy (non-hydrogen) atoms. The Labute approximate surface area is 260 Å². The first-order valence-electron chi connectivity index (χ1n) is 14.0. The lowest BCUT2D eigenvalue weighted by molar-refractivity contribution is -0.126. The molecule has 0 heterocycles. The lowest BCUT2D eigenvalue weighted by Gasteiger charge is -2.16. The molecule has 0 aliphatic heterocycles. The van der Waals surface area contributed by atoms with Crippen LogP contribution in [-0.4, -0.2) is 53.4 Å². The van der Waals surface area contributed by atoms with E-state index in [9.17, 15) is 24.3 Å². The number of hydrogen-bond donors (Lipinski definition) is 4. The molecular formula is C32H35ClN4O7. The van der Waals surface area contributed by atoms with Crippen LogP contribution < -0.4 is 16.0 Å². The number of phenolic OH excluding ortho intramolecular Hbond substituents is 1. The zero-order chi connectivity index (χ0) is 31.6. The van der Waals surface area contributed by atoms with Crippen molar-refractivity contribution in [1.29, 1.82) is 0 Å². The third-order valence-corrected chi connectivity index (χ3v) is 6.48. The molecule has 232 valence electrons. The number of benzene rings is 3. The third kappa shape index (κ3) is 13.0. The van der Waals surface area contributed by atoms with E-state index in [0.29, 0.717) is 12.8 Å². The van der Waals surface area contributed by atoms with Crippen LogP contribution in [0.25, 0.3) is 0 Å². The Balaban J connectivity index is 1.54. The number of guanidine groups is 1. The molecule has 0 fully saturated rings. The van der Waals surface area contributed by atoms with Gasteiger partial charge in [0.1, 0.15) is 19.0 Å². The zero-order valence-corrected chi connectivity index (χ0v) is 24.8. The van der Waals surface area contributed by atoms with Gasteiger partial charge in [-0.2, -0.15) is 0 Å². The molecule has 0 spiro atoms. The number of aromatic hydroxyl groups is 1. The van der Waals surface area contributed by atoms with Crippen molar-refractivity contribution < 1.29 is 33.8 Å². The van der Waals surface area contributed by atoms with Crippen LogP contribution in [0.5, 0.6) is 5.75 Å². The predicted molar refractivity (Wildman–Crippen MR) is 165 cm³/mol. The predicted octanol–water partition coefficient (Wildman–Crippen LogP) is 4.61. The van der Waals surface area contributed by atoms with Crippen LogP contribution in [0, 0.1) is 0 Å². The van der Waals surface area contributed by atoms with E-state index in [1.54, 1.807) is 36.4 Å². The summed E-state index contributed by atoms with van der Waals surface area (Å²) in [5.74, 6) is -1.01. The van der Waals surface area contributed by atoms with E-state index in [1.807, 2.05) is 36.4 Å². The zero-order valence-electron chi connectivity index (χ0n) is 24.0. The van der Waals surface area contributed by atoms with Crippen molar-refractivity contribution >= 4 is 41.4 Å². The topological polar surface area (TPSA) is 155 Å². The van der Waals surface area contributed by atoms with Gasteiger partial charge in [0.25, 0.3) is 0 Å². The summed E-state index contributed by atoms with van der Waals surface area (Å²) < 4.78 is 10.4. The van der Waals surface area contributed by atoms with Crippen molar-refractivity contribution in [2.75, 3.05) is 12.4 Å². The molecule has 0 radical (unpaired) electrons. The van der Waals surface area contributed by atoms with E-state index in [1.165, 1.54) is 12.1 Å². The Morgan fingerprint density at radius 2 is 1.32 bits per heavy atom. The second-order valence-electron chi connectivity index (χ2n) is 9.63. The number of phenols is 1. The van der Waals surface area contributed by atoms with Crippen molar-refractivity contribution in [2.24, 2.45) is 4.99 Å². The molecule has 3 aromatic carbocycles. The third-order valence-electron chi connectivity index (χ3n) is 6.22. The Bertz CT molecular complexity index is 1330. The number of aliphatic imine (C=N–C) groups is 1. The van der Waals surface area contributed by atoms with Gasteiger partial charge in [-0.05, 0) is 48.1 Å². The molecule has 0 aromatic heterocycles. The molecule has 0 aliphatic rings. The number of aryl methyl sites for hydroxylation is 1. The summed E-state index contributed by atoms with van der Waals surface area (Å²) in [7, 11) is 0. The molecule has 3 rings (SSSR count). The number of nitrogens with one attached hydrogen (secondary N) is 3. The molecule has 12 heteroatoms. The molecule has 0 saturated carbocycles. The monoisotopic (exact) mass is 622 g/mol. The number of halogens is 1. The molecule has 3 amide bonds. The molecule has 3 aromatic rings. The maximum Gasteiger partial charge on any atom is 0.414 e. The second-order valence-corrected chi connectivity index (χ2v) is 9.90. The van der Waals surface area contributed by atoms with Crippen molar-refractivity contribution in [3.8, 4) is 5.75 Å². The number of alkyl halides is 1. The molecular weight excluding hydrogens is 588 g/mol. The fraction of sp³-hybridized carbons (Fsp3) is 0.281. The highest BCUT2D eigenvalue weighted by molar-refractivity contribution is 6.28. The average Bonchev–Trinajstić information content (AvgIpc) is 3.04. The minimum Gasteiger partial charge on any atom is -0.508 e. The quantitative estimate of drug-likeness (QED) is 0.0886. The van der Waals surface area contributed by atoms with Crippen LogP contribution >= 0.6 is 11.6 Å². The number of nitrogens with zero attached hydrogens (tertiary/aromatic N) is 1. The highest BCUT2D eigenvalue weighted by atomic mass is 35.5. The van der Waals surface area contributed by atoms with E-state index in [-0.39, 0.29) is 61.9 Å². The number of carbonyl (C=O) groups excluding carboxylic acids is 4. The van der Waals surface area contributed by atoms with Crippen LogP contribution in [-0.2, 0) is 38.7 Å². The molecule has 11 nitrogen and oxygen atoms in total. The summed E-state index contributed by atoms with van der Waals surface area (Å²) in [4.78, 5) is 54.0. The summed E-state index contributed by atoms with van der Waals surface area (Å²) in [6.07, 6.45) is -0.567. The maximum atomic E-state index is 12.5. The summed E-state index contributed by atoms with van der Waals surface area (Å²) in [6.45, 7) is 0.100. The first-order valence-corrected chi connectivity index (χ1v) is 14.5. The van der Waals surface area contributed by atoms with Crippen LogP contribution in [0.15, 0.2) is 89.9 Å². The van der Waals surface area contributed by atoms with Crippen molar-refractivity contribution in [2.45, 2.75) is 44.9 Å². The van der Waals surface area contributed by atoms with Gasteiger partial charge in [0.15, 0.2) is 5.78 Å². The van der Waals surface area contributed by atoms with E-state index in [0.717, 1.165) is 16.7 Å². The van der Waals surface area contributed by atoms with Gasteiger partial charge in [0.05, 0.1) is 11.9 Å². The van der Waals surface area contributed by atoms with Crippen molar-refractivity contribution in [1.82, 2.24) is 16.0 Å². The highest BCUT2D eigenvalue weighted by Crippen LogP contribution is 2.11. The minimum absolute atomic E-state index is 0.00701. The van der Waals surface area contributed by atoms with Gasteiger partial charge in [-0.25, -0.2) is 9.59 Å². The maximum absolute atomic E-state index is 12.5. The molecule has 0 saturated heterocycles. The SMILES string of the molecule is O=C(CCc1ccc(O)cc1)N[C@@H](CCCN=C(NC(=O)OCc1ccccc1)NC(=O)OCc1ccccc1)C(=O)CCl. The standard InChI is InChI=1S/C32H35ClN4O7/c33-20-28(39)27(35-29(40)18-15-23-13-16-26(38)17-14-23)12-7-19-34-30(36-31(41)43-21-24-8-3-1-4-9-24)37-32(42)44-22-25-10-5-2-6-11-25/h1-6,8-11,13-14,16-17,27,38H,7,12,15,18-22H2,(H,35,40)(H2,34,36,37,41,42)/t27-/m0/s1. The number of alkyl carbamates (subject to hydrolysis) is 2. The summed E-state index contributed by atoms with van der Waals surface area (Å²) in [5, 5.41) is 16.9. The lowest BCUT2D eigenvalue weighted by atomic mass is 10.1. The Kier molecular flexibility index (Phi) is 14.2. The highest BCUT2D eigenvalue weighted by Gasteiger charge is 2.20. The fourth-order valence-corrected chi connectivity index (χ4v) is 4.09. The number of rotatable bonds is 14. The van der Waals surface area contributed by atoms with Gasteiger partial charge < -0.3 is 19.9 Å². The normalized spacial score (nSPS) is 11.0. The smallest absolute Gasteiger partial charge is 0.414 e. The van der Waals surface area contributed by atoms with Gasteiger partial charge in [0.2, 0.25) is 11.9 Å². The number of ether oxygens (including phenoxy) is 2. The first-order chi connectivity index (χ1) is 21.3. The van der Waals surface area contributed by atoms with Crippen LogP contribution in [0.4, 0.5) is 9.59 Å². The minimum atomic E-state index is -0.841. The van der Waals surface area contributed by atoms with Gasteiger partial charge in [-0.1, -0.05) is 72.8 Å². The molecule has 4 N–H and O–H groups in total. The summed E-state index contributed by atoms with van der Waals surface area (Å²) >= 11 is 5.77. The van der Waals surface area contributed by atoms with E-state index < -0.39 is 18.2 Å². The average molecular weight is 623 g/mol. The Morgan fingerprint density at radius 3 is 1.84 bits per heavy atom. The Morgan fingerprint density at radius 1 is 0.773 bits per heavy atom. The number of amides is 3. The van der Waals surface area contributed by atoms with Gasteiger partial charge >= 0.3 is 12.2 Å². The molecule has 0 aliphatic carbocycles. The largest absolute Gasteiger partial charge is 0.508 e. The van der Waals surface area contributed by atoms with Crippen molar-refractivity contribution in [3.63, 3.8) is 0 Å². The van der Waals surface area contributed by atoms with Gasteiger partial charge in [-0.15, -0.1) is 11.6 Å². The molecule has 0 unspecified atom stereocenters. The Hall–Kier alpha value is -4.90. The lowest BCUT2D eigenvalue weighted by Crippen LogP contribution is -2.44. The summed E-state index contributed by atoms with van der Waals surface area (Å²) in [6, 6.07) is 23.8. The first kappa shape index (κ1) is 33.6. The van der Waals surface area contributed by atoms with E-state index in [2.05, 4.69) is 20.9 Å². The number of carbonyl (C=O) groups is 4. The second kappa shape index (κ2) is 18.6. The van der Waals surface area contributed by atoms with Gasteiger partial charge in [0, 0.05) is 13.0 Å².